The van der Waals surface area contributed by atoms with Crippen LogP contribution in [0.4, 0.5) is 0 Å². The van der Waals surface area contributed by atoms with Gasteiger partial charge in [0.1, 0.15) is 0 Å². The molecular weight excluding hydrogens is 168 g/mol. The van der Waals surface area contributed by atoms with Crippen LogP contribution >= 0.6 is 0 Å². The van der Waals surface area contributed by atoms with Crippen molar-refractivity contribution in [3.63, 3.8) is 0 Å². The SMILES string of the molecule is CO[Si]([CH]C1CC1)(OC)C(C)C. The predicted molar refractivity (Wildman–Crippen MR) is 51.9 cm³/mol. The van der Waals surface area contributed by atoms with Gasteiger partial charge in [0.2, 0.25) is 0 Å². The molecule has 0 bridgehead atoms. The maximum Gasteiger partial charge on any atom is 0.343 e. The summed E-state index contributed by atoms with van der Waals surface area (Å²) >= 11 is 0. The molecular formula is C9H19O2Si. The first-order valence-corrected chi connectivity index (χ1v) is 6.58. The van der Waals surface area contributed by atoms with Gasteiger partial charge in [0, 0.05) is 20.3 Å². The topological polar surface area (TPSA) is 18.5 Å². The fourth-order valence-corrected chi connectivity index (χ4v) is 4.23. The minimum atomic E-state index is -1.95. The summed E-state index contributed by atoms with van der Waals surface area (Å²) in [5, 5.41) is 0. The summed E-state index contributed by atoms with van der Waals surface area (Å²) in [7, 11) is 1.60. The van der Waals surface area contributed by atoms with Gasteiger partial charge in [0.05, 0.1) is 0 Å². The van der Waals surface area contributed by atoms with Crippen molar-refractivity contribution in [3.8, 4) is 0 Å². The van der Waals surface area contributed by atoms with E-state index in [9.17, 15) is 0 Å². The van der Waals surface area contributed by atoms with Crippen molar-refractivity contribution in [2.24, 2.45) is 5.92 Å². The normalized spacial score (nSPS) is 18.8. The van der Waals surface area contributed by atoms with Gasteiger partial charge < -0.3 is 8.85 Å². The molecule has 0 aromatic rings. The Morgan fingerprint density at radius 2 is 1.75 bits per heavy atom. The lowest BCUT2D eigenvalue weighted by molar-refractivity contribution is 0.239. The van der Waals surface area contributed by atoms with Gasteiger partial charge in [0.15, 0.2) is 0 Å². The van der Waals surface area contributed by atoms with Crippen molar-refractivity contribution < 1.29 is 8.85 Å². The van der Waals surface area contributed by atoms with Crippen molar-refractivity contribution >= 4 is 8.56 Å². The van der Waals surface area contributed by atoms with Crippen LogP contribution in [-0.2, 0) is 8.85 Å². The van der Waals surface area contributed by atoms with Gasteiger partial charge in [-0.2, -0.15) is 0 Å². The molecule has 71 valence electrons. The summed E-state index contributed by atoms with van der Waals surface area (Å²) in [6.45, 7) is 4.36. The molecule has 0 unspecified atom stereocenters. The fraction of sp³-hybridized carbons (Fsp3) is 0.889. The second kappa shape index (κ2) is 3.90. The van der Waals surface area contributed by atoms with Crippen LogP contribution in [0.5, 0.6) is 0 Å². The second-order valence-corrected chi connectivity index (χ2v) is 7.54. The van der Waals surface area contributed by atoms with Crippen LogP contribution in [0, 0.1) is 12.0 Å². The Morgan fingerprint density at radius 3 is 2.00 bits per heavy atom. The fourth-order valence-electron chi connectivity index (χ4n) is 1.47. The quantitative estimate of drug-likeness (QED) is 0.615. The summed E-state index contributed by atoms with van der Waals surface area (Å²) in [5.74, 6) is 0.777. The first-order valence-electron chi connectivity index (χ1n) is 4.61. The molecule has 1 aliphatic rings. The minimum absolute atomic E-state index is 0.507. The highest BCUT2D eigenvalue weighted by molar-refractivity contribution is 6.72. The molecule has 0 heterocycles. The van der Waals surface area contributed by atoms with E-state index < -0.39 is 8.56 Å². The largest absolute Gasteiger partial charge is 0.397 e. The monoisotopic (exact) mass is 187 g/mol. The van der Waals surface area contributed by atoms with Crippen molar-refractivity contribution in [2.75, 3.05) is 14.2 Å². The van der Waals surface area contributed by atoms with E-state index in [1.54, 1.807) is 14.2 Å². The molecule has 0 aromatic carbocycles. The Labute approximate surface area is 76.5 Å². The average molecular weight is 187 g/mol. The van der Waals surface area contributed by atoms with E-state index in [2.05, 4.69) is 19.9 Å². The van der Waals surface area contributed by atoms with Gasteiger partial charge in [-0.15, -0.1) is 0 Å². The molecule has 1 radical (unpaired) electrons. The molecule has 1 saturated carbocycles. The van der Waals surface area contributed by atoms with Crippen molar-refractivity contribution in [3.05, 3.63) is 6.04 Å². The summed E-state index contributed by atoms with van der Waals surface area (Å²) < 4.78 is 11.1. The standard InChI is InChI=1S/C9H19O2Si/c1-8(2)12(10-3,11-4)7-9-5-6-9/h7-9H,5-6H2,1-4H3. The highest BCUT2D eigenvalue weighted by Crippen LogP contribution is 2.39. The molecule has 12 heavy (non-hydrogen) atoms. The van der Waals surface area contributed by atoms with Gasteiger partial charge in [-0.1, -0.05) is 26.7 Å². The minimum Gasteiger partial charge on any atom is -0.397 e. The maximum atomic E-state index is 5.56. The van der Waals surface area contributed by atoms with E-state index in [1.165, 1.54) is 12.8 Å². The number of hydrogen-bond donors (Lipinski definition) is 0. The van der Waals surface area contributed by atoms with Crippen LogP contribution in [0.2, 0.25) is 5.54 Å². The van der Waals surface area contributed by atoms with Crippen LogP contribution in [0.1, 0.15) is 26.7 Å². The van der Waals surface area contributed by atoms with Crippen LogP contribution in [0.25, 0.3) is 0 Å². The first kappa shape index (κ1) is 10.2. The van der Waals surface area contributed by atoms with Crippen LogP contribution in [-0.4, -0.2) is 22.8 Å². The lowest BCUT2D eigenvalue weighted by Gasteiger charge is -2.30. The first-order chi connectivity index (χ1) is 5.64. The van der Waals surface area contributed by atoms with Crippen LogP contribution < -0.4 is 0 Å². The molecule has 1 aliphatic carbocycles. The highest BCUT2D eigenvalue weighted by atomic mass is 28.4. The molecule has 2 nitrogen and oxygen atoms in total. The smallest absolute Gasteiger partial charge is 0.343 e. The molecule has 0 atom stereocenters. The third-order valence-electron chi connectivity index (χ3n) is 2.53. The molecule has 0 amide bonds. The molecule has 0 N–H and O–H groups in total. The van der Waals surface area contributed by atoms with E-state index in [-0.39, 0.29) is 0 Å². The maximum absolute atomic E-state index is 5.56. The van der Waals surface area contributed by atoms with E-state index in [4.69, 9.17) is 8.85 Å². The lowest BCUT2D eigenvalue weighted by Crippen LogP contribution is -2.44. The van der Waals surface area contributed by atoms with Gasteiger partial charge >= 0.3 is 8.56 Å². The van der Waals surface area contributed by atoms with Crippen molar-refractivity contribution in [1.82, 2.24) is 0 Å². The summed E-state index contributed by atoms with van der Waals surface area (Å²) in [6.07, 6.45) is 2.66. The molecule has 1 fully saturated rings. The molecule has 3 heteroatoms. The molecule has 0 aromatic heterocycles. The van der Waals surface area contributed by atoms with Crippen LogP contribution in [0.3, 0.4) is 0 Å². The Morgan fingerprint density at radius 1 is 1.25 bits per heavy atom. The zero-order valence-electron chi connectivity index (χ0n) is 8.46. The Hall–Kier alpha value is 0.137. The molecule has 1 rings (SSSR count). The van der Waals surface area contributed by atoms with Crippen LogP contribution in [0.15, 0.2) is 0 Å². The zero-order valence-corrected chi connectivity index (χ0v) is 9.46. The van der Waals surface area contributed by atoms with Crippen molar-refractivity contribution in [2.45, 2.75) is 32.2 Å². The second-order valence-electron chi connectivity index (χ2n) is 3.79. The Bertz CT molecular complexity index is 139. The van der Waals surface area contributed by atoms with E-state index >= 15 is 0 Å². The summed E-state index contributed by atoms with van der Waals surface area (Å²) in [4.78, 5) is 0. The average Bonchev–Trinajstić information content (AvgIpc) is 2.83. The Balaban J connectivity index is 2.53. The Kier molecular flexibility index (Phi) is 3.32. The van der Waals surface area contributed by atoms with E-state index in [1.807, 2.05) is 0 Å². The molecule has 0 aliphatic heterocycles. The van der Waals surface area contributed by atoms with Crippen molar-refractivity contribution in [1.29, 1.82) is 0 Å². The molecule has 0 spiro atoms. The number of hydrogen-bond acceptors (Lipinski definition) is 2. The van der Waals surface area contributed by atoms with E-state index in [0.29, 0.717) is 5.54 Å². The highest BCUT2D eigenvalue weighted by Gasteiger charge is 2.44. The summed E-state index contributed by atoms with van der Waals surface area (Å²) in [5.41, 5.74) is 0.507. The summed E-state index contributed by atoms with van der Waals surface area (Å²) in [6, 6.07) is 2.34. The van der Waals surface area contributed by atoms with Gasteiger partial charge in [-0.05, 0) is 11.5 Å². The number of rotatable bonds is 5. The van der Waals surface area contributed by atoms with Gasteiger partial charge in [-0.3, -0.25) is 0 Å². The third kappa shape index (κ3) is 2.09. The third-order valence-corrected chi connectivity index (χ3v) is 6.35. The predicted octanol–water partition coefficient (Wildman–Crippen LogP) is 2.28. The zero-order chi connectivity index (χ0) is 9.19. The van der Waals surface area contributed by atoms with Gasteiger partial charge in [0.25, 0.3) is 0 Å². The molecule has 0 saturated heterocycles. The lowest BCUT2D eigenvalue weighted by atomic mass is 10.5. The van der Waals surface area contributed by atoms with Gasteiger partial charge in [-0.25, -0.2) is 0 Å². The van der Waals surface area contributed by atoms with E-state index in [0.717, 1.165) is 5.92 Å².